The maximum Gasteiger partial charge on any atom is 0.266 e. The number of nitrogens with zero attached hydrogens (tertiary/aromatic N) is 3. The van der Waals surface area contributed by atoms with Crippen LogP contribution in [-0.4, -0.2) is 39.2 Å². The molecule has 2 aliphatic heterocycles. The average Bonchev–Trinajstić information content (AvgIpc) is 3.37. The highest BCUT2D eigenvalue weighted by molar-refractivity contribution is 8.26. The monoisotopic (exact) mass is 451 g/mol. The maximum atomic E-state index is 13.3. The summed E-state index contributed by atoms with van der Waals surface area (Å²) in [5.74, 6) is 1.83. The fourth-order valence-corrected chi connectivity index (χ4v) is 6.42. The Balaban J connectivity index is 1.56. The SMILES string of the molecule is Cc1cccc2cc(/C=C3\SC(=S)N(C4CCCC4)C3=O)c(N3CCC(C)CC3)nc12. The molecule has 5 rings (SSSR count). The number of thiocarbonyl (C=S) groups is 1. The van der Waals surface area contributed by atoms with Gasteiger partial charge in [0.25, 0.3) is 5.91 Å². The first-order valence-corrected chi connectivity index (χ1v) is 12.7. The van der Waals surface area contributed by atoms with E-state index in [0.29, 0.717) is 4.32 Å². The van der Waals surface area contributed by atoms with Crippen molar-refractivity contribution < 1.29 is 4.79 Å². The van der Waals surface area contributed by atoms with Gasteiger partial charge in [0.05, 0.1) is 10.4 Å². The first-order valence-electron chi connectivity index (χ1n) is 11.4. The van der Waals surface area contributed by atoms with Crippen molar-refractivity contribution in [1.29, 1.82) is 0 Å². The van der Waals surface area contributed by atoms with E-state index in [1.54, 1.807) is 0 Å². The van der Waals surface area contributed by atoms with Crippen molar-refractivity contribution in [3.05, 3.63) is 40.3 Å². The largest absolute Gasteiger partial charge is 0.356 e. The zero-order chi connectivity index (χ0) is 21.5. The lowest BCUT2D eigenvalue weighted by atomic mass is 9.98. The van der Waals surface area contributed by atoms with Crippen LogP contribution < -0.4 is 4.90 Å². The molecule has 1 aliphatic carbocycles. The van der Waals surface area contributed by atoms with Gasteiger partial charge in [-0.2, -0.15) is 0 Å². The van der Waals surface area contributed by atoms with Gasteiger partial charge in [-0.3, -0.25) is 9.69 Å². The zero-order valence-electron chi connectivity index (χ0n) is 18.3. The number of pyridine rings is 1. The summed E-state index contributed by atoms with van der Waals surface area (Å²) >= 11 is 7.06. The lowest BCUT2D eigenvalue weighted by Crippen LogP contribution is -2.36. The van der Waals surface area contributed by atoms with Gasteiger partial charge in [-0.15, -0.1) is 0 Å². The second-order valence-electron chi connectivity index (χ2n) is 9.21. The van der Waals surface area contributed by atoms with Crippen LogP contribution in [0.25, 0.3) is 17.0 Å². The lowest BCUT2D eigenvalue weighted by Gasteiger charge is -2.32. The van der Waals surface area contributed by atoms with Gasteiger partial charge in [0.15, 0.2) is 0 Å². The van der Waals surface area contributed by atoms with E-state index >= 15 is 0 Å². The number of carbonyl (C=O) groups is 1. The predicted molar refractivity (Wildman–Crippen MR) is 134 cm³/mol. The molecule has 4 nitrogen and oxygen atoms in total. The highest BCUT2D eigenvalue weighted by Gasteiger charge is 2.38. The lowest BCUT2D eigenvalue weighted by molar-refractivity contribution is -0.123. The molecule has 6 heteroatoms. The van der Waals surface area contributed by atoms with Crippen molar-refractivity contribution in [3.63, 3.8) is 0 Å². The van der Waals surface area contributed by atoms with Crippen molar-refractivity contribution in [3.8, 4) is 0 Å². The van der Waals surface area contributed by atoms with Crippen LogP contribution in [0, 0.1) is 12.8 Å². The van der Waals surface area contributed by atoms with Crippen LogP contribution in [0.5, 0.6) is 0 Å². The molecular weight excluding hydrogens is 422 g/mol. The first-order chi connectivity index (χ1) is 15.0. The van der Waals surface area contributed by atoms with Crippen LogP contribution in [-0.2, 0) is 4.79 Å². The summed E-state index contributed by atoms with van der Waals surface area (Å²) in [4.78, 5) is 23.4. The van der Waals surface area contributed by atoms with E-state index in [0.717, 1.165) is 59.0 Å². The Hall–Kier alpha value is -1.92. The van der Waals surface area contributed by atoms with Gasteiger partial charge in [-0.1, -0.05) is 61.9 Å². The third kappa shape index (κ3) is 4.00. The molecule has 0 atom stereocenters. The van der Waals surface area contributed by atoms with Crippen molar-refractivity contribution in [1.82, 2.24) is 9.88 Å². The third-order valence-electron chi connectivity index (χ3n) is 6.94. The van der Waals surface area contributed by atoms with E-state index in [1.807, 2.05) is 11.0 Å². The fourth-order valence-electron chi connectivity index (χ4n) is 5.03. The van der Waals surface area contributed by atoms with E-state index in [1.165, 1.54) is 43.0 Å². The first kappa shape index (κ1) is 21.0. The number of piperidine rings is 1. The Morgan fingerprint density at radius 2 is 1.90 bits per heavy atom. The minimum absolute atomic E-state index is 0.0736. The van der Waals surface area contributed by atoms with Gasteiger partial charge in [0.2, 0.25) is 0 Å². The summed E-state index contributed by atoms with van der Waals surface area (Å²) in [7, 11) is 0. The Labute approximate surface area is 194 Å². The standard InChI is InChI=1S/C25H29N3OS2/c1-16-10-12-27(13-11-16)23-19(14-18-7-5-6-17(2)22(18)26-23)15-21-24(29)28(25(30)31-21)20-8-3-4-9-20/h5-7,14-16,20H,3-4,8-13H2,1-2H3/b21-15-. The molecule has 1 aromatic heterocycles. The number of benzene rings is 1. The van der Waals surface area contributed by atoms with Crippen LogP contribution in [0.4, 0.5) is 5.82 Å². The highest BCUT2D eigenvalue weighted by atomic mass is 32.2. The average molecular weight is 452 g/mol. The van der Waals surface area contributed by atoms with Crippen LogP contribution >= 0.6 is 24.0 Å². The number of rotatable bonds is 3. The molecule has 3 heterocycles. The number of amides is 1. The summed E-state index contributed by atoms with van der Waals surface area (Å²) < 4.78 is 0.709. The molecule has 0 unspecified atom stereocenters. The van der Waals surface area contributed by atoms with E-state index in [9.17, 15) is 4.79 Å². The minimum Gasteiger partial charge on any atom is -0.356 e. The van der Waals surface area contributed by atoms with Gasteiger partial charge in [0.1, 0.15) is 10.1 Å². The van der Waals surface area contributed by atoms with Gasteiger partial charge in [-0.05, 0) is 56.2 Å². The van der Waals surface area contributed by atoms with Crippen LogP contribution in [0.15, 0.2) is 29.2 Å². The molecular formula is C25H29N3OS2. The third-order valence-corrected chi connectivity index (χ3v) is 8.27. The molecule has 2 saturated heterocycles. The fraction of sp³-hybridized carbons (Fsp3) is 0.480. The summed E-state index contributed by atoms with van der Waals surface area (Å²) in [6, 6.07) is 8.77. The number of carbonyl (C=O) groups excluding carboxylic acids is 1. The van der Waals surface area contributed by atoms with Gasteiger partial charge < -0.3 is 4.90 Å². The van der Waals surface area contributed by atoms with Gasteiger partial charge >= 0.3 is 0 Å². The normalized spacial score (nSPS) is 22.5. The molecule has 0 spiro atoms. The molecule has 162 valence electrons. The number of anilines is 1. The highest BCUT2D eigenvalue weighted by Crippen LogP contribution is 2.39. The quantitative estimate of drug-likeness (QED) is 0.427. The number of fused-ring (bicyclic) bond motifs is 1. The van der Waals surface area contributed by atoms with Crippen molar-refractivity contribution in [2.45, 2.75) is 58.4 Å². The Kier molecular flexibility index (Phi) is 5.78. The Bertz CT molecular complexity index is 1070. The molecule has 0 N–H and O–H groups in total. The molecule has 2 aromatic rings. The topological polar surface area (TPSA) is 36.4 Å². The molecule has 31 heavy (non-hydrogen) atoms. The number of hydrogen-bond donors (Lipinski definition) is 0. The molecule has 3 aliphatic rings. The number of hydrogen-bond acceptors (Lipinski definition) is 5. The molecule has 0 radical (unpaired) electrons. The van der Waals surface area contributed by atoms with E-state index in [4.69, 9.17) is 17.2 Å². The smallest absolute Gasteiger partial charge is 0.266 e. The molecule has 1 aromatic carbocycles. The molecule has 3 fully saturated rings. The van der Waals surface area contributed by atoms with E-state index < -0.39 is 0 Å². The summed E-state index contributed by atoms with van der Waals surface area (Å²) in [6.45, 7) is 6.46. The number of thioether (sulfide) groups is 1. The second kappa shape index (κ2) is 8.55. The van der Waals surface area contributed by atoms with Crippen LogP contribution in [0.1, 0.15) is 56.6 Å². The molecule has 0 bridgehead atoms. The van der Waals surface area contributed by atoms with Crippen molar-refractivity contribution in [2.75, 3.05) is 18.0 Å². The summed E-state index contributed by atoms with van der Waals surface area (Å²) in [6.07, 6.45) is 8.89. The summed E-state index contributed by atoms with van der Waals surface area (Å²) in [5.41, 5.74) is 3.26. The maximum absolute atomic E-state index is 13.3. The van der Waals surface area contributed by atoms with Gasteiger partial charge in [0, 0.05) is 30.1 Å². The number of aryl methyl sites for hydroxylation is 1. The zero-order valence-corrected chi connectivity index (χ0v) is 19.9. The van der Waals surface area contributed by atoms with Crippen molar-refractivity contribution >= 4 is 57.0 Å². The van der Waals surface area contributed by atoms with Gasteiger partial charge in [-0.25, -0.2) is 4.98 Å². The molecule has 1 saturated carbocycles. The minimum atomic E-state index is 0.0736. The van der Waals surface area contributed by atoms with E-state index in [2.05, 4.69) is 43.0 Å². The summed E-state index contributed by atoms with van der Waals surface area (Å²) in [5, 5.41) is 1.12. The predicted octanol–water partition coefficient (Wildman–Crippen LogP) is 5.92. The second-order valence-corrected chi connectivity index (χ2v) is 10.9. The number of aromatic nitrogens is 1. The van der Waals surface area contributed by atoms with Crippen LogP contribution in [0.2, 0.25) is 0 Å². The van der Waals surface area contributed by atoms with Crippen LogP contribution in [0.3, 0.4) is 0 Å². The Morgan fingerprint density at radius 3 is 2.65 bits per heavy atom. The Morgan fingerprint density at radius 1 is 1.16 bits per heavy atom. The van der Waals surface area contributed by atoms with Crippen molar-refractivity contribution in [2.24, 2.45) is 5.92 Å². The van der Waals surface area contributed by atoms with E-state index in [-0.39, 0.29) is 11.9 Å². The number of para-hydroxylation sites is 1. The molecule has 1 amide bonds.